The number of morpholine rings is 1. The zero-order chi connectivity index (χ0) is 25.8. The van der Waals surface area contributed by atoms with Crippen LogP contribution in [0.4, 0.5) is 5.69 Å². The van der Waals surface area contributed by atoms with Crippen LogP contribution in [0, 0.1) is 0 Å². The van der Waals surface area contributed by atoms with E-state index in [-0.39, 0.29) is 23.5 Å². The molecule has 0 bridgehead atoms. The molecule has 9 nitrogen and oxygen atoms in total. The van der Waals surface area contributed by atoms with Gasteiger partial charge < -0.3 is 14.1 Å². The Bertz CT molecular complexity index is 1610. The Morgan fingerprint density at radius 3 is 2.71 bits per heavy atom. The number of nitrogens with zero attached hydrogens (tertiary/aromatic N) is 3. The van der Waals surface area contributed by atoms with Crippen LogP contribution in [-0.4, -0.2) is 67.6 Å². The predicted molar refractivity (Wildman–Crippen MR) is 141 cm³/mol. The van der Waals surface area contributed by atoms with Gasteiger partial charge in [-0.1, -0.05) is 36.4 Å². The Morgan fingerprint density at radius 1 is 1.03 bits per heavy atom. The Kier molecular flexibility index (Phi) is 5.34. The summed E-state index contributed by atoms with van der Waals surface area (Å²) in [6.07, 6.45) is 5.38. The number of carbonyl (C=O) groups is 3. The molecule has 3 aromatic rings. The summed E-state index contributed by atoms with van der Waals surface area (Å²) < 4.78 is 11.2. The van der Waals surface area contributed by atoms with Crippen molar-refractivity contribution in [2.24, 2.45) is 4.99 Å². The number of ketones is 1. The molecular formula is C29H24N4O5. The topological polar surface area (TPSA) is 104 Å². The van der Waals surface area contributed by atoms with Crippen molar-refractivity contribution in [3.8, 4) is 0 Å². The number of aliphatic imine (C=N–C) groups is 1. The molecule has 0 radical (unpaired) electrons. The molecule has 38 heavy (non-hydrogen) atoms. The Balaban J connectivity index is 1.38. The molecule has 7 rings (SSSR count). The van der Waals surface area contributed by atoms with Crippen molar-refractivity contribution in [2.45, 2.75) is 12.5 Å². The van der Waals surface area contributed by atoms with Gasteiger partial charge in [0.05, 0.1) is 60.8 Å². The first-order valence-electron chi connectivity index (χ1n) is 12.6. The molecule has 1 unspecified atom stereocenters. The molecule has 4 aliphatic heterocycles. The molecule has 1 aromatic heterocycles. The number of benzene rings is 2. The number of hydrogen-bond acceptors (Lipinski definition) is 8. The second-order valence-electron chi connectivity index (χ2n) is 9.77. The monoisotopic (exact) mass is 508 g/mol. The van der Waals surface area contributed by atoms with E-state index >= 15 is 0 Å². The van der Waals surface area contributed by atoms with Gasteiger partial charge in [-0.05, 0) is 11.6 Å². The van der Waals surface area contributed by atoms with Crippen LogP contribution < -0.4 is 10.2 Å². The second kappa shape index (κ2) is 8.90. The lowest BCUT2D eigenvalue weighted by Crippen LogP contribution is -2.47. The van der Waals surface area contributed by atoms with Gasteiger partial charge in [-0.15, -0.1) is 0 Å². The molecule has 0 saturated carbocycles. The highest BCUT2D eigenvalue weighted by atomic mass is 16.5. The van der Waals surface area contributed by atoms with E-state index in [0.717, 1.165) is 22.2 Å². The van der Waals surface area contributed by atoms with Gasteiger partial charge in [0.25, 0.3) is 11.8 Å². The number of anilines is 1. The fourth-order valence-corrected chi connectivity index (χ4v) is 5.84. The van der Waals surface area contributed by atoms with E-state index in [2.05, 4.69) is 15.2 Å². The first-order valence-corrected chi connectivity index (χ1v) is 12.6. The average molecular weight is 509 g/mol. The lowest BCUT2D eigenvalue weighted by molar-refractivity contribution is -0.124. The van der Waals surface area contributed by atoms with Crippen molar-refractivity contribution >= 4 is 46.0 Å². The van der Waals surface area contributed by atoms with Gasteiger partial charge in [0.15, 0.2) is 5.78 Å². The summed E-state index contributed by atoms with van der Waals surface area (Å²) in [5.41, 5.74) is 4.56. The average Bonchev–Trinajstić information content (AvgIpc) is 3.59. The fourth-order valence-electron chi connectivity index (χ4n) is 5.84. The van der Waals surface area contributed by atoms with Gasteiger partial charge >= 0.3 is 0 Å². The molecule has 2 amide bonds. The van der Waals surface area contributed by atoms with Gasteiger partial charge in [0, 0.05) is 42.2 Å². The summed E-state index contributed by atoms with van der Waals surface area (Å²) in [4.78, 5) is 48.9. The Labute approximate surface area is 218 Å². The largest absolute Gasteiger partial charge is 0.464 e. The number of imide groups is 1. The van der Waals surface area contributed by atoms with Crippen LogP contribution in [0.3, 0.4) is 0 Å². The third-order valence-electron chi connectivity index (χ3n) is 7.58. The van der Waals surface area contributed by atoms with E-state index in [1.54, 1.807) is 24.7 Å². The standard InChI is InChI=1S/C29H24N4O5/c34-23(16-32-8-11-37-12-9-32)21-13-18-4-1-5-19-14-30-15-22(33(21)26(18)19)25-24(28(35)31-29(25)36)20-6-2-3-17-7-10-38-27(17)20/h1-7,10,14-15,21H,8-9,11-13,16H2,(H,31,35,36). The Hall–Kier alpha value is -4.34. The van der Waals surface area contributed by atoms with Gasteiger partial charge in [-0.2, -0.15) is 0 Å². The van der Waals surface area contributed by atoms with Crippen LogP contribution in [0.5, 0.6) is 0 Å². The van der Waals surface area contributed by atoms with Crippen LogP contribution in [0.25, 0.3) is 16.5 Å². The smallest absolute Gasteiger partial charge is 0.261 e. The summed E-state index contributed by atoms with van der Waals surface area (Å²) in [6.45, 7) is 2.87. The highest BCUT2D eigenvalue weighted by molar-refractivity contribution is 6.38. The summed E-state index contributed by atoms with van der Waals surface area (Å²) in [6, 6.07) is 12.6. The molecule has 1 N–H and O–H groups in total. The maximum Gasteiger partial charge on any atom is 0.261 e. The van der Waals surface area contributed by atoms with Crippen LogP contribution in [0.1, 0.15) is 16.7 Å². The number of rotatable bonds is 5. The SMILES string of the molecule is O=C1NC(=O)C(c2cccc3ccoc23)=C1C1=CN=Cc2cccc3c2N1C(C(=O)CN1CCOCC1)C3. The molecule has 2 aromatic carbocycles. The number of amides is 2. The molecule has 9 heteroatoms. The molecule has 0 aliphatic carbocycles. The number of ether oxygens (including phenoxy) is 1. The van der Waals surface area contributed by atoms with Crippen molar-refractivity contribution in [1.82, 2.24) is 10.2 Å². The number of carbonyl (C=O) groups excluding carboxylic acids is 3. The highest BCUT2D eigenvalue weighted by Crippen LogP contribution is 2.44. The fraction of sp³-hybridized carbons (Fsp3) is 0.241. The van der Waals surface area contributed by atoms with Crippen LogP contribution in [0.2, 0.25) is 0 Å². The summed E-state index contributed by atoms with van der Waals surface area (Å²) in [5.74, 6) is -0.990. The lowest BCUT2D eigenvalue weighted by atomic mass is 9.97. The Morgan fingerprint density at radius 2 is 1.84 bits per heavy atom. The molecule has 5 heterocycles. The zero-order valence-corrected chi connectivity index (χ0v) is 20.5. The van der Waals surface area contributed by atoms with Crippen molar-refractivity contribution in [2.75, 3.05) is 37.7 Å². The van der Waals surface area contributed by atoms with Gasteiger partial charge in [-0.3, -0.25) is 29.6 Å². The molecule has 0 spiro atoms. The minimum Gasteiger partial charge on any atom is -0.464 e. The summed E-state index contributed by atoms with van der Waals surface area (Å²) in [7, 11) is 0. The summed E-state index contributed by atoms with van der Waals surface area (Å²) >= 11 is 0. The molecule has 1 atom stereocenters. The van der Waals surface area contributed by atoms with Gasteiger partial charge in [0.1, 0.15) is 5.58 Å². The number of nitrogens with one attached hydrogen (secondary N) is 1. The van der Waals surface area contributed by atoms with E-state index in [1.165, 1.54) is 0 Å². The predicted octanol–water partition coefficient (Wildman–Crippen LogP) is 2.45. The summed E-state index contributed by atoms with van der Waals surface area (Å²) in [5, 5.41) is 3.29. The third-order valence-corrected chi connectivity index (χ3v) is 7.58. The van der Waals surface area contributed by atoms with Crippen LogP contribution in [0.15, 0.2) is 75.6 Å². The molecule has 190 valence electrons. The second-order valence-corrected chi connectivity index (χ2v) is 9.77. The van der Waals surface area contributed by atoms with E-state index in [0.29, 0.717) is 49.6 Å². The maximum absolute atomic E-state index is 13.8. The normalized spacial score (nSPS) is 21.1. The van der Waals surface area contributed by atoms with Crippen molar-refractivity contribution in [1.29, 1.82) is 0 Å². The van der Waals surface area contributed by atoms with E-state index < -0.39 is 17.9 Å². The van der Waals surface area contributed by atoms with E-state index in [4.69, 9.17) is 9.15 Å². The van der Waals surface area contributed by atoms with Crippen LogP contribution >= 0.6 is 0 Å². The highest BCUT2D eigenvalue weighted by Gasteiger charge is 2.44. The molecular weight excluding hydrogens is 484 g/mol. The first-order chi connectivity index (χ1) is 18.6. The van der Waals surface area contributed by atoms with Gasteiger partial charge in [-0.25, -0.2) is 0 Å². The van der Waals surface area contributed by atoms with Crippen LogP contribution in [-0.2, 0) is 25.5 Å². The zero-order valence-electron chi connectivity index (χ0n) is 20.5. The van der Waals surface area contributed by atoms with Gasteiger partial charge in [0.2, 0.25) is 0 Å². The lowest BCUT2D eigenvalue weighted by Gasteiger charge is -2.32. The first kappa shape index (κ1) is 22.8. The van der Waals surface area contributed by atoms with Crippen molar-refractivity contribution in [3.05, 3.63) is 82.9 Å². The minimum absolute atomic E-state index is 0.0434. The molecule has 1 saturated heterocycles. The van der Waals surface area contributed by atoms with Crippen molar-refractivity contribution < 1.29 is 23.5 Å². The third kappa shape index (κ3) is 3.54. The number of para-hydroxylation sites is 2. The number of Topliss-reactive ketones (excluding diaryl/α,β-unsaturated/α-hetero) is 1. The number of furan rings is 1. The minimum atomic E-state index is -0.543. The molecule has 1 fully saturated rings. The maximum atomic E-state index is 13.8. The van der Waals surface area contributed by atoms with E-state index in [9.17, 15) is 14.4 Å². The van der Waals surface area contributed by atoms with E-state index in [1.807, 2.05) is 41.3 Å². The quantitative estimate of drug-likeness (QED) is 0.528. The number of hydrogen-bond donors (Lipinski definition) is 1. The number of fused-ring (bicyclic) bond motifs is 1. The molecule has 4 aliphatic rings. The van der Waals surface area contributed by atoms with Crippen molar-refractivity contribution in [3.63, 3.8) is 0 Å².